The van der Waals surface area contributed by atoms with Crippen LogP contribution in [0.4, 0.5) is 0 Å². The summed E-state index contributed by atoms with van der Waals surface area (Å²) in [6.45, 7) is 2.89. The van der Waals surface area contributed by atoms with Gasteiger partial charge in [0.25, 0.3) is 0 Å². The molecule has 5 heteroatoms. The van der Waals surface area contributed by atoms with Gasteiger partial charge in [0.05, 0.1) is 19.2 Å². The standard InChI is InChI=1S/C15H22N2O3/c18-15(12-16-11-14-7-4-9-19-14)17-8-10-20-13-5-2-1-3-6-13/h1-3,5-6,14,16H,4,7-12H2,(H,17,18). The first-order valence-corrected chi connectivity index (χ1v) is 7.11. The Bertz CT molecular complexity index is 391. The first-order chi connectivity index (χ1) is 9.84. The highest BCUT2D eigenvalue weighted by Gasteiger charge is 2.14. The van der Waals surface area contributed by atoms with Gasteiger partial charge < -0.3 is 20.1 Å². The van der Waals surface area contributed by atoms with E-state index < -0.39 is 0 Å². The van der Waals surface area contributed by atoms with Crippen molar-refractivity contribution < 1.29 is 14.3 Å². The van der Waals surface area contributed by atoms with Crippen LogP contribution in [0.15, 0.2) is 30.3 Å². The fourth-order valence-electron chi connectivity index (χ4n) is 2.09. The minimum absolute atomic E-state index is 0.0142. The Hall–Kier alpha value is -1.59. The van der Waals surface area contributed by atoms with Gasteiger partial charge in [0, 0.05) is 13.2 Å². The van der Waals surface area contributed by atoms with Crippen LogP contribution in [0.1, 0.15) is 12.8 Å². The zero-order valence-electron chi connectivity index (χ0n) is 11.6. The third-order valence-corrected chi connectivity index (χ3v) is 3.12. The normalized spacial score (nSPS) is 17.9. The van der Waals surface area contributed by atoms with Gasteiger partial charge in [-0.25, -0.2) is 0 Å². The molecule has 0 saturated carbocycles. The first kappa shape index (κ1) is 14.8. The molecule has 1 aromatic carbocycles. The second kappa shape index (κ2) is 8.55. The third-order valence-electron chi connectivity index (χ3n) is 3.12. The van der Waals surface area contributed by atoms with Crippen LogP contribution in [0.25, 0.3) is 0 Å². The van der Waals surface area contributed by atoms with Crippen LogP contribution in [-0.4, -0.2) is 44.9 Å². The van der Waals surface area contributed by atoms with Gasteiger partial charge in [0.1, 0.15) is 12.4 Å². The molecule has 0 spiro atoms. The van der Waals surface area contributed by atoms with Crippen molar-refractivity contribution in [2.45, 2.75) is 18.9 Å². The van der Waals surface area contributed by atoms with E-state index in [1.54, 1.807) is 0 Å². The monoisotopic (exact) mass is 278 g/mol. The summed E-state index contributed by atoms with van der Waals surface area (Å²) in [5.74, 6) is 0.804. The lowest BCUT2D eigenvalue weighted by molar-refractivity contribution is -0.120. The minimum Gasteiger partial charge on any atom is -0.492 e. The molecule has 1 aliphatic heterocycles. The third kappa shape index (κ3) is 5.59. The van der Waals surface area contributed by atoms with E-state index >= 15 is 0 Å². The first-order valence-electron chi connectivity index (χ1n) is 7.11. The highest BCUT2D eigenvalue weighted by Crippen LogP contribution is 2.10. The second-order valence-electron chi connectivity index (χ2n) is 4.78. The molecule has 5 nitrogen and oxygen atoms in total. The Kier molecular flexibility index (Phi) is 6.34. The predicted octanol–water partition coefficient (Wildman–Crippen LogP) is 0.950. The number of ether oxygens (including phenoxy) is 2. The smallest absolute Gasteiger partial charge is 0.234 e. The van der Waals surface area contributed by atoms with E-state index in [9.17, 15) is 4.79 Å². The van der Waals surface area contributed by atoms with Gasteiger partial charge in [0.2, 0.25) is 5.91 Å². The number of benzene rings is 1. The van der Waals surface area contributed by atoms with Gasteiger partial charge in [-0.05, 0) is 25.0 Å². The van der Waals surface area contributed by atoms with Gasteiger partial charge in [0.15, 0.2) is 0 Å². The van der Waals surface area contributed by atoms with E-state index in [4.69, 9.17) is 9.47 Å². The van der Waals surface area contributed by atoms with Crippen LogP contribution >= 0.6 is 0 Å². The van der Waals surface area contributed by atoms with E-state index in [0.29, 0.717) is 19.7 Å². The van der Waals surface area contributed by atoms with Crippen molar-refractivity contribution in [2.24, 2.45) is 0 Å². The van der Waals surface area contributed by atoms with Crippen LogP contribution in [0.5, 0.6) is 5.75 Å². The lowest BCUT2D eigenvalue weighted by Crippen LogP contribution is -2.38. The number of carbonyl (C=O) groups excluding carboxylic acids is 1. The number of hydrogen-bond acceptors (Lipinski definition) is 4. The van der Waals surface area contributed by atoms with E-state index in [2.05, 4.69) is 10.6 Å². The van der Waals surface area contributed by atoms with Crippen LogP contribution < -0.4 is 15.4 Å². The number of hydrogen-bond donors (Lipinski definition) is 2. The fraction of sp³-hybridized carbons (Fsp3) is 0.533. The second-order valence-corrected chi connectivity index (χ2v) is 4.78. The molecule has 1 amide bonds. The van der Waals surface area contributed by atoms with Crippen LogP contribution in [0.2, 0.25) is 0 Å². The molecule has 1 fully saturated rings. The number of para-hydroxylation sites is 1. The number of rotatable bonds is 8. The molecule has 2 rings (SSSR count). The molecule has 1 aromatic rings. The molecule has 20 heavy (non-hydrogen) atoms. The molecule has 1 unspecified atom stereocenters. The number of amides is 1. The largest absolute Gasteiger partial charge is 0.492 e. The summed E-state index contributed by atoms with van der Waals surface area (Å²) in [7, 11) is 0. The Morgan fingerprint density at radius 2 is 2.20 bits per heavy atom. The van der Waals surface area contributed by atoms with E-state index in [1.165, 1.54) is 0 Å². The Balaban J connectivity index is 1.47. The lowest BCUT2D eigenvalue weighted by atomic mass is 10.2. The van der Waals surface area contributed by atoms with Crippen molar-refractivity contribution in [3.05, 3.63) is 30.3 Å². The minimum atomic E-state index is -0.0142. The Morgan fingerprint density at radius 1 is 1.35 bits per heavy atom. The fourth-order valence-corrected chi connectivity index (χ4v) is 2.09. The summed E-state index contributed by atoms with van der Waals surface area (Å²) < 4.78 is 11.0. The van der Waals surface area contributed by atoms with Crippen molar-refractivity contribution in [1.29, 1.82) is 0 Å². The van der Waals surface area contributed by atoms with Gasteiger partial charge >= 0.3 is 0 Å². The summed E-state index contributed by atoms with van der Waals surface area (Å²) in [6.07, 6.45) is 2.47. The van der Waals surface area contributed by atoms with Crippen LogP contribution in [0, 0.1) is 0 Å². The van der Waals surface area contributed by atoms with Crippen molar-refractivity contribution >= 4 is 5.91 Å². The molecule has 1 heterocycles. The highest BCUT2D eigenvalue weighted by atomic mass is 16.5. The molecular weight excluding hydrogens is 256 g/mol. The Morgan fingerprint density at radius 3 is 2.95 bits per heavy atom. The molecule has 1 saturated heterocycles. The number of nitrogens with one attached hydrogen (secondary N) is 2. The molecule has 110 valence electrons. The molecule has 0 aliphatic carbocycles. The molecule has 0 radical (unpaired) electrons. The molecular formula is C15H22N2O3. The van der Waals surface area contributed by atoms with Gasteiger partial charge in [-0.1, -0.05) is 18.2 Å². The number of carbonyl (C=O) groups is 1. The average molecular weight is 278 g/mol. The quantitative estimate of drug-likeness (QED) is 0.695. The van der Waals surface area contributed by atoms with E-state index in [0.717, 1.165) is 31.7 Å². The average Bonchev–Trinajstić information content (AvgIpc) is 2.98. The zero-order chi connectivity index (χ0) is 14.0. The summed E-state index contributed by atoms with van der Waals surface area (Å²) in [5.41, 5.74) is 0. The lowest BCUT2D eigenvalue weighted by Gasteiger charge is -2.11. The predicted molar refractivity (Wildman–Crippen MR) is 76.8 cm³/mol. The Labute approximate surface area is 119 Å². The van der Waals surface area contributed by atoms with Crippen molar-refractivity contribution in [2.75, 3.05) is 32.8 Å². The molecule has 0 aromatic heterocycles. The highest BCUT2D eigenvalue weighted by molar-refractivity contribution is 5.77. The maximum Gasteiger partial charge on any atom is 0.234 e. The topological polar surface area (TPSA) is 59.6 Å². The van der Waals surface area contributed by atoms with E-state index in [1.807, 2.05) is 30.3 Å². The molecule has 2 N–H and O–H groups in total. The van der Waals surface area contributed by atoms with Crippen LogP contribution in [-0.2, 0) is 9.53 Å². The van der Waals surface area contributed by atoms with E-state index in [-0.39, 0.29) is 12.0 Å². The SMILES string of the molecule is O=C(CNCC1CCCO1)NCCOc1ccccc1. The molecule has 1 atom stereocenters. The van der Waals surface area contributed by atoms with Crippen LogP contribution in [0.3, 0.4) is 0 Å². The molecule has 0 bridgehead atoms. The summed E-state index contributed by atoms with van der Waals surface area (Å²) in [4.78, 5) is 11.6. The zero-order valence-corrected chi connectivity index (χ0v) is 11.6. The summed E-state index contributed by atoms with van der Waals surface area (Å²) in [6, 6.07) is 9.57. The van der Waals surface area contributed by atoms with Gasteiger partial charge in [-0.15, -0.1) is 0 Å². The van der Waals surface area contributed by atoms with Gasteiger partial charge in [-0.2, -0.15) is 0 Å². The molecule has 1 aliphatic rings. The summed E-state index contributed by atoms with van der Waals surface area (Å²) >= 11 is 0. The van der Waals surface area contributed by atoms with Gasteiger partial charge in [-0.3, -0.25) is 4.79 Å². The van der Waals surface area contributed by atoms with Crippen molar-refractivity contribution in [1.82, 2.24) is 10.6 Å². The summed E-state index contributed by atoms with van der Waals surface area (Å²) in [5, 5.41) is 5.92. The van der Waals surface area contributed by atoms with Crippen molar-refractivity contribution in [3.63, 3.8) is 0 Å². The maximum atomic E-state index is 11.6. The maximum absolute atomic E-state index is 11.6. The van der Waals surface area contributed by atoms with Crippen molar-refractivity contribution in [3.8, 4) is 5.75 Å².